The van der Waals surface area contributed by atoms with Crippen LogP contribution in [-0.2, 0) is 16.1 Å². The van der Waals surface area contributed by atoms with Crippen molar-refractivity contribution in [3.8, 4) is 11.1 Å². The van der Waals surface area contributed by atoms with Gasteiger partial charge in [-0.25, -0.2) is 9.37 Å². The molecule has 146 valence electrons. The summed E-state index contributed by atoms with van der Waals surface area (Å²) in [5.41, 5.74) is 1.17. The quantitative estimate of drug-likeness (QED) is 0.677. The van der Waals surface area contributed by atoms with Crippen LogP contribution >= 0.6 is 11.3 Å². The molecule has 0 unspecified atom stereocenters. The molecule has 0 aliphatic carbocycles. The monoisotopic (exact) mass is 401 g/mol. The van der Waals surface area contributed by atoms with Gasteiger partial charge in [0.15, 0.2) is 0 Å². The van der Waals surface area contributed by atoms with Gasteiger partial charge in [-0.2, -0.15) is 0 Å². The first kappa shape index (κ1) is 18.8. The second-order valence-electron chi connectivity index (χ2n) is 7.07. The van der Waals surface area contributed by atoms with Crippen molar-refractivity contribution < 1.29 is 13.9 Å². The lowest BCUT2D eigenvalue weighted by Gasteiger charge is -2.35. The van der Waals surface area contributed by atoms with E-state index in [1.165, 1.54) is 34.4 Å². The number of thiophene rings is 1. The Morgan fingerprint density at radius 1 is 1.25 bits per heavy atom. The number of halogens is 1. The molecule has 1 fully saturated rings. The predicted octanol–water partition coefficient (Wildman–Crippen LogP) is 2.90. The van der Waals surface area contributed by atoms with Gasteiger partial charge in [0, 0.05) is 24.0 Å². The lowest BCUT2D eigenvalue weighted by atomic mass is 10.1. The highest BCUT2D eigenvalue weighted by atomic mass is 32.1. The Kier molecular flexibility index (Phi) is 4.99. The zero-order valence-corrected chi connectivity index (χ0v) is 16.4. The Hall–Kier alpha value is -2.58. The van der Waals surface area contributed by atoms with Crippen molar-refractivity contribution in [1.29, 1.82) is 0 Å². The molecule has 4 rings (SSSR count). The number of hydrogen-bond donors (Lipinski definition) is 0. The fourth-order valence-electron chi connectivity index (χ4n) is 3.55. The van der Waals surface area contributed by atoms with Crippen LogP contribution in [0, 0.1) is 5.82 Å². The maximum absolute atomic E-state index is 13.2. The largest absolute Gasteiger partial charge is 0.372 e. The number of rotatable bonds is 3. The lowest BCUT2D eigenvalue weighted by molar-refractivity contribution is -0.143. The topological polar surface area (TPSA) is 64.4 Å². The molecule has 2 atom stereocenters. The molecule has 3 heterocycles. The second-order valence-corrected chi connectivity index (χ2v) is 7.93. The summed E-state index contributed by atoms with van der Waals surface area (Å²) in [5.74, 6) is -0.470. The van der Waals surface area contributed by atoms with Crippen molar-refractivity contribution in [3.05, 3.63) is 52.1 Å². The van der Waals surface area contributed by atoms with Crippen molar-refractivity contribution in [2.75, 3.05) is 13.1 Å². The van der Waals surface area contributed by atoms with E-state index in [2.05, 4.69) is 4.98 Å². The number of carbonyl (C=O) groups excluding carboxylic acids is 1. The van der Waals surface area contributed by atoms with E-state index in [0.29, 0.717) is 28.9 Å². The summed E-state index contributed by atoms with van der Waals surface area (Å²) in [5, 5.41) is 2.29. The number of ether oxygens (including phenoxy) is 1. The molecule has 0 bridgehead atoms. The third-order valence-electron chi connectivity index (χ3n) is 4.79. The average Bonchev–Trinajstić information content (AvgIpc) is 3.08. The smallest absolute Gasteiger partial charge is 0.263 e. The zero-order chi connectivity index (χ0) is 19.8. The minimum atomic E-state index is -0.335. The van der Waals surface area contributed by atoms with E-state index in [0.717, 1.165) is 5.56 Å². The van der Waals surface area contributed by atoms with Crippen molar-refractivity contribution in [2.45, 2.75) is 32.6 Å². The fourth-order valence-corrected chi connectivity index (χ4v) is 4.46. The summed E-state index contributed by atoms with van der Waals surface area (Å²) < 4.78 is 20.2. The van der Waals surface area contributed by atoms with Crippen LogP contribution in [-0.4, -0.2) is 45.7 Å². The van der Waals surface area contributed by atoms with E-state index in [1.54, 1.807) is 17.0 Å². The molecule has 1 aromatic carbocycles. The maximum atomic E-state index is 13.2. The highest BCUT2D eigenvalue weighted by Crippen LogP contribution is 2.30. The molecule has 1 amide bonds. The van der Waals surface area contributed by atoms with Gasteiger partial charge in [-0.3, -0.25) is 14.2 Å². The number of carbonyl (C=O) groups is 1. The maximum Gasteiger partial charge on any atom is 0.263 e. The highest BCUT2D eigenvalue weighted by molar-refractivity contribution is 7.17. The van der Waals surface area contributed by atoms with E-state index >= 15 is 0 Å². The minimum absolute atomic E-state index is 0.0352. The van der Waals surface area contributed by atoms with Gasteiger partial charge >= 0.3 is 0 Å². The first-order valence-corrected chi connectivity index (χ1v) is 9.96. The van der Waals surface area contributed by atoms with E-state index in [-0.39, 0.29) is 36.0 Å². The Morgan fingerprint density at radius 3 is 2.61 bits per heavy atom. The van der Waals surface area contributed by atoms with Gasteiger partial charge in [0.2, 0.25) is 5.91 Å². The first-order valence-electron chi connectivity index (χ1n) is 9.08. The number of benzene rings is 1. The molecule has 0 spiro atoms. The number of amides is 1. The third-order valence-corrected chi connectivity index (χ3v) is 5.68. The number of fused-ring (bicyclic) bond motifs is 1. The van der Waals surface area contributed by atoms with E-state index in [1.807, 2.05) is 19.2 Å². The summed E-state index contributed by atoms with van der Waals surface area (Å²) in [7, 11) is 0. The fraction of sp³-hybridized carbons (Fsp3) is 0.350. The zero-order valence-electron chi connectivity index (χ0n) is 15.6. The van der Waals surface area contributed by atoms with E-state index in [9.17, 15) is 14.0 Å². The molecule has 6 nitrogen and oxygen atoms in total. The van der Waals surface area contributed by atoms with Crippen LogP contribution in [0.15, 0.2) is 40.8 Å². The van der Waals surface area contributed by atoms with Crippen LogP contribution < -0.4 is 5.56 Å². The van der Waals surface area contributed by atoms with Crippen LogP contribution in [0.4, 0.5) is 4.39 Å². The molecule has 1 aliphatic rings. The molecule has 0 radical (unpaired) electrons. The molecule has 1 aliphatic heterocycles. The molecule has 28 heavy (non-hydrogen) atoms. The second kappa shape index (κ2) is 7.44. The number of morpholine rings is 1. The normalized spacial score (nSPS) is 19.9. The molecule has 0 saturated carbocycles. The van der Waals surface area contributed by atoms with Gasteiger partial charge in [-0.05, 0) is 31.5 Å². The molecule has 1 saturated heterocycles. The summed E-state index contributed by atoms with van der Waals surface area (Å²) in [6.45, 7) is 4.80. The van der Waals surface area contributed by atoms with Crippen molar-refractivity contribution in [2.24, 2.45) is 0 Å². The van der Waals surface area contributed by atoms with Gasteiger partial charge in [0.25, 0.3) is 5.56 Å². The third kappa shape index (κ3) is 3.57. The van der Waals surface area contributed by atoms with Crippen LogP contribution in [0.1, 0.15) is 13.8 Å². The Morgan fingerprint density at radius 2 is 1.93 bits per heavy atom. The SMILES string of the molecule is C[C@@H]1CN(C(=O)Cn2cnc3scc(-c4ccc(F)cc4)c3c2=O)C[C@@H](C)O1. The molecular weight excluding hydrogens is 381 g/mol. The number of hydrogen-bond acceptors (Lipinski definition) is 5. The summed E-state index contributed by atoms with van der Waals surface area (Å²) in [6, 6.07) is 5.99. The lowest BCUT2D eigenvalue weighted by Crippen LogP contribution is -2.49. The Bertz CT molecular complexity index is 1070. The Labute approximate surface area is 165 Å². The molecule has 8 heteroatoms. The van der Waals surface area contributed by atoms with Gasteiger partial charge in [0.1, 0.15) is 17.2 Å². The minimum Gasteiger partial charge on any atom is -0.372 e. The molecule has 0 N–H and O–H groups in total. The van der Waals surface area contributed by atoms with Crippen LogP contribution in [0.25, 0.3) is 21.3 Å². The van der Waals surface area contributed by atoms with Crippen LogP contribution in [0.2, 0.25) is 0 Å². The van der Waals surface area contributed by atoms with E-state index in [4.69, 9.17) is 4.74 Å². The van der Waals surface area contributed by atoms with E-state index < -0.39 is 0 Å². The molecular formula is C20H20FN3O3S. The van der Waals surface area contributed by atoms with Crippen molar-refractivity contribution >= 4 is 27.5 Å². The highest BCUT2D eigenvalue weighted by Gasteiger charge is 2.26. The standard InChI is InChI=1S/C20H20FN3O3S/c1-12-7-23(8-13(2)27-12)17(25)9-24-11-22-19-18(20(24)26)16(10-28-19)14-3-5-15(21)6-4-14/h3-6,10-13H,7-9H2,1-2H3/t12-,13-/m1/s1. The summed E-state index contributed by atoms with van der Waals surface area (Å²) >= 11 is 1.35. The average molecular weight is 401 g/mol. The van der Waals surface area contributed by atoms with Crippen LogP contribution in [0.3, 0.4) is 0 Å². The van der Waals surface area contributed by atoms with Crippen molar-refractivity contribution in [3.63, 3.8) is 0 Å². The van der Waals surface area contributed by atoms with Crippen LogP contribution in [0.5, 0.6) is 0 Å². The van der Waals surface area contributed by atoms with Crippen molar-refractivity contribution in [1.82, 2.24) is 14.5 Å². The predicted molar refractivity (Wildman–Crippen MR) is 106 cm³/mol. The summed E-state index contributed by atoms with van der Waals surface area (Å²) in [6.07, 6.45) is 1.35. The Balaban J connectivity index is 1.66. The van der Waals surface area contributed by atoms with Gasteiger partial charge in [-0.1, -0.05) is 12.1 Å². The molecule has 2 aromatic heterocycles. The number of aromatic nitrogens is 2. The van der Waals surface area contributed by atoms with Gasteiger partial charge in [-0.15, -0.1) is 11.3 Å². The number of nitrogens with zero attached hydrogens (tertiary/aromatic N) is 3. The van der Waals surface area contributed by atoms with Gasteiger partial charge < -0.3 is 9.64 Å². The first-order chi connectivity index (χ1) is 13.4. The molecule has 3 aromatic rings. The van der Waals surface area contributed by atoms with Gasteiger partial charge in [0.05, 0.1) is 23.9 Å². The summed E-state index contributed by atoms with van der Waals surface area (Å²) in [4.78, 5) is 32.4.